The summed E-state index contributed by atoms with van der Waals surface area (Å²) in [5.74, 6) is -0.584. The zero-order chi connectivity index (χ0) is 26.3. The standard InChI is InChI=1S/C28H39N3O4S/c1-5-26(28(33)29-24-11-7-6-8-12-24)30(19-23-16-14-21(2)15-17-23)27(32)20-31(36(4,34)35)25-13-9-10-22(3)18-25/h9-10,13-18,24,26H,5-8,11-12,19-20H2,1-4H3,(H,29,33). The third kappa shape index (κ3) is 7.56. The van der Waals surface area contributed by atoms with E-state index in [9.17, 15) is 18.0 Å². The summed E-state index contributed by atoms with van der Waals surface area (Å²) in [6.07, 6.45) is 6.79. The lowest BCUT2D eigenvalue weighted by Gasteiger charge is -2.34. The molecule has 0 spiro atoms. The van der Waals surface area contributed by atoms with Gasteiger partial charge in [0.2, 0.25) is 21.8 Å². The van der Waals surface area contributed by atoms with Crippen LogP contribution in [0.4, 0.5) is 5.69 Å². The average molecular weight is 514 g/mol. The van der Waals surface area contributed by atoms with Crippen LogP contribution in [0.5, 0.6) is 0 Å². The Balaban J connectivity index is 1.90. The van der Waals surface area contributed by atoms with Crippen LogP contribution in [0, 0.1) is 13.8 Å². The van der Waals surface area contributed by atoms with Crippen molar-refractivity contribution >= 4 is 27.5 Å². The summed E-state index contributed by atoms with van der Waals surface area (Å²) in [6, 6.07) is 14.3. The van der Waals surface area contributed by atoms with E-state index < -0.39 is 22.0 Å². The van der Waals surface area contributed by atoms with Gasteiger partial charge >= 0.3 is 0 Å². The first-order chi connectivity index (χ1) is 17.1. The lowest BCUT2D eigenvalue weighted by molar-refractivity contribution is -0.140. The van der Waals surface area contributed by atoms with Crippen molar-refractivity contribution in [1.29, 1.82) is 0 Å². The van der Waals surface area contributed by atoms with Gasteiger partial charge in [-0.2, -0.15) is 0 Å². The predicted octanol–water partition coefficient (Wildman–Crippen LogP) is 4.33. The van der Waals surface area contributed by atoms with Gasteiger partial charge < -0.3 is 10.2 Å². The number of rotatable bonds is 10. The second kappa shape index (κ2) is 12.4. The molecule has 1 N–H and O–H groups in total. The molecule has 0 radical (unpaired) electrons. The van der Waals surface area contributed by atoms with Crippen molar-refractivity contribution in [3.8, 4) is 0 Å². The fourth-order valence-electron chi connectivity index (χ4n) is 4.75. The van der Waals surface area contributed by atoms with E-state index in [1.807, 2.05) is 51.1 Å². The molecule has 0 bridgehead atoms. The van der Waals surface area contributed by atoms with Gasteiger partial charge in [0.05, 0.1) is 11.9 Å². The third-order valence-electron chi connectivity index (χ3n) is 6.78. The maximum Gasteiger partial charge on any atom is 0.244 e. The van der Waals surface area contributed by atoms with Crippen molar-refractivity contribution in [2.24, 2.45) is 0 Å². The SMILES string of the molecule is CCC(C(=O)NC1CCCCC1)N(Cc1ccc(C)cc1)C(=O)CN(c1cccc(C)c1)S(C)(=O)=O. The number of amides is 2. The van der Waals surface area contributed by atoms with E-state index >= 15 is 0 Å². The van der Waals surface area contributed by atoms with E-state index in [1.165, 1.54) is 11.3 Å². The van der Waals surface area contributed by atoms with Gasteiger partial charge in [0.1, 0.15) is 12.6 Å². The number of hydrogen-bond acceptors (Lipinski definition) is 4. The molecule has 1 atom stereocenters. The van der Waals surface area contributed by atoms with Crippen molar-refractivity contribution in [3.05, 3.63) is 65.2 Å². The van der Waals surface area contributed by atoms with Crippen LogP contribution in [-0.4, -0.2) is 50.0 Å². The fraction of sp³-hybridized carbons (Fsp3) is 0.500. The Labute approximate surface area is 215 Å². The van der Waals surface area contributed by atoms with E-state index in [-0.39, 0.29) is 25.0 Å². The Bertz CT molecular complexity index is 1140. The molecule has 2 aromatic carbocycles. The molecular weight excluding hydrogens is 474 g/mol. The largest absolute Gasteiger partial charge is 0.352 e. The van der Waals surface area contributed by atoms with Crippen molar-refractivity contribution < 1.29 is 18.0 Å². The molecule has 7 nitrogen and oxygen atoms in total. The maximum absolute atomic E-state index is 13.8. The molecule has 2 amide bonds. The molecule has 2 aromatic rings. The van der Waals surface area contributed by atoms with Gasteiger partial charge in [0.25, 0.3) is 0 Å². The first kappa shape index (κ1) is 27.7. The highest BCUT2D eigenvalue weighted by Crippen LogP contribution is 2.22. The first-order valence-electron chi connectivity index (χ1n) is 12.8. The summed E-state index contributed by atoms with van der Waals surface area (Å²) in [5, 5.41) is 3.16. The number of benzene rings is 2. The third-order valence-corrected chi connectivity index (χ3v) is 7.92. The van der Waals surface area contributed by atoms with Gasteiger partial charge in [-0.1, -0.05) is 68.1 Å². The number of carbonyl (C=O) groups is 2. The van der Waals surface area contributed by atoms with Crippen LogP contribution < -0.4 is 9.62 Å². The summed E-state index contributed by atoms with van der Waals surface area (Å²) in [7, 11) is -3.73. The van der Waals surface area contributed by atoms with Crippen LogP contribution in [0.25, 0.3) is 0 Å². The van der Waals surface area contributed by atoms with Crippen LogP contribution in [0.3, 0.4) is 0 Å². The zero-order valence-electron chi connectivity index (χ0n) is 21.9. The summed E-state index contributed by atoms with van der Waals surface area (Å²) in [4.78, 5) is 28.7. The Morgan fingerprint density at radius 3 is 2.25 bits per heavy atom. The molecule has 1 unspecified atom stereocenters. The normalized spacial score (nSPS) is 15.2. The molecule has 0 aromatic heterocycles. The van der Waals surface area contributed by atoms with E-state index in [0.717, 1.165) is 52.9 Å². The molecule has 196 valence electrons. The van der Waals surface area contributed by atoms with E-state index in [2.05, 4.69) is 5.32 Å². The van der Waals surface area contributed by atoms with Crippen molar-refractivity contribution in [3.63, 3.8) is 0 Å². The maximum atomic E-state index is 13.8. The van der Waals surface area contributed by atoms with Gasteiger partial charge in [0.15, 0.2) is 0 Å². The van der Waals surface area contributed by atoms with Gasteiger partial charge in [-0.15, -0.1) is 0 Å². The zero-order valence-corrected chi connectivity index (χ0v) is 22.7. The monoisotopic (exact) mass is 513 g/mol. The Morgan fingerprint density at radius 2 is 1.67 bits per heavy atom. The molecule has 3 rings (SSSR count). The summed E-state index contributed by atoms with van der Waals surface area (Å²) < 4.78 is 26.5. The van der Waals surface area contributed by atoms with Crippen molar-refractivity contribution in [1.82, 2.24) is 10.2 Å². The van der Waals surface area contributed by atoms with Crippen molar-refractivity contribution in [2.75, 3.05) is 17.1 Å². The Kier molecular flexibility index (Phi) is 9.54. The van der Waals surface area contributed by atoms with Crippen molar-refractivity contribution in [2.45, 2.75) is 77.9 Å². The molecule has 1 saturated carbocycles. The Hall–Kier alpha value is -2.87. The minimum atomic E-state index is -3.73. The molecule has 8 heteroatoms. The highest BCUT2D eigenvalue weighted by Gasteiger charge is 2.32. The first-order valence-corrected chi connectivity index (χ1v) is 14.6. The quantitative estimate of drug-likeness (QED) is 0.512. The lowest BCUT2D eigenvalue weighted by atomic mass is 9.95. The second-order valence-corrected chi connectivity index (χ2v) is 11.8. The minimum Gasteiger partial charge on any atom is -0.352 e. The van der Waals surface area contributed by atoms with Crippen LogP contribution >= 0.6 is 0 Å². The topological polar surface area (TPSA) is 86.8 Å². The molecule has 0 heterocycles. The van der Waals surface area contributed by atoms with Crippen LogP contribution in [0.1, 0.15) is 62.1 Å². The molecule has 36 heavy (non-hydrogen) atoms. The number of aryl methyl sites for hydroxylation is 2. The highest BCUT2D eigenvalue weighted by molar-refractivity contribution is 7.92. The Morgan fingerprint density at radius 1 is 1.00 bits per heavy atom. The minimum absolute atomic E-state index is 0.122. The fourth-order valence-corrected chi connectivity index (χ4v) is 5.59. The summed E-state index contributed by atoms with van der Waals surface area (Å²) in [5.41, 5.74) is 3.31. The summed E-state index contributed by atoms with van der Waals surface area (Å²) >= 11 is 0. The van der Waals surface area contributed by atoms with E-state index in [0.29, 0.717) is 12.1 Å². The number of nitrogens with one attached hydrogen (secondary N) is 1. The number of anilines is 1. The smallest absolute Gasteiger partial charge is 0.244 e. The molecule has 1 aliphatic carbocycles. The van der Waals surface area contributed by atoms with E-state index in [4.69, 9.17) is 0 Å². The number of hydrogen-bond donors (Lipinski definition) is 1. The highest BCUT2D eigenvalue weighted by atomic mass is 32.2. The second-order valence-electron chi connectivity index (χ2n) is 9.88. The van der Waals surface area contributed by atoms with E-state index in [1.54, 1.807) is 18.2 Å². The molecule has 0 aliphatic heterocycles. The molecule has 1 fully saturated rings. The summed E-state index contributed by atoms with van der Waals surface area (Å²) in [6.45, 7) is 5.60. The van der Waals surface area contributed by atoms with Gasteiger partial charge in [-0.3, -0.25) is 13.9 Å². The molecule has 0 saturated heterocycles. The number of nitrogens with zero attached hydrogens (tertiary/aromatic N) is 2. The van der Waals surface area contributed by atoms with Gasteiger partial charge in [0, 0.05) is 12.6 Å². The van der Waals surface area contributed by atoms with Crippen LogP contribution in [-0.2, 0) is 26.2 Å². The van der Waals surface area contributed by atoms with Gasteiger partial charge in [-0.05, 0) is 56.4 Å². The van der Waals surface area contributed by atoms with Crippen LogP contribution in [0.15, 0.2) is 48.5 Å². The lowest BCUT2D eigenvalue weighted by Crippen LogP contribution is -2.53. The number of carbonyl (C=O) groups excluding carboxylic acids is 2. The molecular formula is C28H39N3O4S. The van der Waals surface area contributed by atoms with Gasteiger partial charge in [-0.25, -0.2) is 8.42 Å². The molecule has 1 aliphatic rings. The average Bonchev–Trinajstić information content (AvgIpc) is 2.83. The number of sulfonamides is 1. The predicted molar refractivity (Wildman–Crippen MR) is 144 cm³/mol. The van der Waals surface area contributed by atoms with Crippen LogP contribution in [0.2, 0.25) is 0 Å².